The molecule has 8 heteroatoms. The number of likely N-dealkylation sites (tertiary alicyclic amines) is 1. The number of nitrogens with zero attached hydrogens (tertiary/aromatic N) is 2. The number of halogens is 3. The van der Waals surface area contributed by atoms with Crippen LogP contribution in [0.2, 0.25) is 0 Å². The zero-order valence-corrected chi connectivity index (χ0v) is 16.4. The van der Waals surface area contributed by atoms with Crippen molar-refractivity contribution in [3.63, 3.8) is 0 Å². The summed E-state index contributed by atoms with van der Waals surface area (Å²) in [6.07, 6.45) is -3.33. The van der Waals surface area contributed by atoms with Crippen LogP contribution in [0.1, 0.15) is 33.3 Å². The molecule has 152 valence electrons. The minimum atomic E-state index is -4.56. The first-order chi connectivity index (χ1) is 12.4. The maximum atomic E-state index is 13.0. The van der Waals surface area contributed by atoms with Crippen LogP contribution >= 0.6 is 0 Å². The first kappa shape index (κ1) is 21.5. The minimum absolute atomic E-state index is 0.0161. The van der Waals surface area contributed by atoms with Crippen LogP contribution in [0.5, 0.6) is 5.88 Å². The Morgan fingerprint density at radius 2 is 2.04 bits per heavy atom. The smallest absolute Gasteiger partial charge is 0.421 e. The highest BCUT2D eigenvalue weighted by Crippen LogP contribution is 2.35. The maximum absolute atomic E-state index is 13.0. The van der Waals surface area contributed by atoms with Crippen molar-refractivity contribution in [3.8, 4) is 5.88 Å². The average Bonchev–Trinajstić information content (AvgIpc) is 2.93. The first-order valence-electron chi connectivity index (χ1n) is 9.06. The summed E-state index contributed by atoms with van der Waals surface area (Å²) >= 11 is 0. The van der Waals surface area contributed by atoms with Crippen molar-refractivity contribution in [1.82, 2.24) is 15.2 Å². The van der Waals surface area contributed by atoms with Crippen molar-refractivity contribution in [3.05, 3.63) is 23.9 Å². The Morgan fingerprint density at radius 3 is 2.63 bits per heavy atom. The van der Waals surface area contributed by atoms with Crippen molar-refractivity contribution in [2.24, 2.45) is 17.3 Å². The maximum Gasteiger partial charge on any atom is 0.421 e. The van der Waals surface area contributed by atoms with Crippen LogP contribution in [0.4, 0.5) is 13.2 Å². The molecule has 27 heavy (non-hydrogen) atoms. The molecule has 0 saturated carbocycles. The van der Waals surface area contributed by atoms with Gasteiger partial charge in [-0.3, -0.25) is 4.79 Å². The van der Waals surface area contributed by atoms with Gasteiger partial charge in [-0.15, -0.1) is 0 Å². The van der Waals surface area contributed by atoms with Gasteiger partial charge in [-0.05, 0) is 44.9 Å². The minimum Gasteiger partial charge on any atom is -0.476 e. The van der Waals surface area contributed by atoms with Gasteiger partial charge < -0.3 is 15.0 Å². The van der Waals surface area contributed by atoms with Crippen LogP contribution in [0.25, 0.3) is 0 Å². The van der Waals surface area contributed by atoms with Gasteiger partial charge in [-0.2, -0.15) is 13.2 Å². The fourth-order valence-electron chi connectivity index (χ4n) is 3.26. The summed E-state index contributed by atoms with van der Waals surface area (Å²) in [6.45, 7) is 9.01. The first-order valence-corrected chi connectivity index (χ1v) is 9.06. The van der Waals surface area contributed by atoms with E-state index in [1.54, 1.807) is 13.8 Å². The van der Waals surface area contributed by atoms with Crippen LogP contribution < -0.4 is 10.1 Å². The van der Waals surface area contributed by atoms with E-state index in [4.69, 9.17) is 4.74 Å². The molecule has 2 atom stereocenters. The van der Waals surface area contributed by atoms with Crippen molar-refractivity contribution in [1.29, 1.82) is 0 Å². The number of pyridine rings is 1. The van der Waals surface area contributed by atoms with E-state index in [2.05, 4.69) is 29.0 Å². The zero-order valence-electron chi connectivity index (χ0n) is 16.4. The lowest BCUT2D eigenvalue weighted by molar-refractivity contribution is -0.139. The molecule has 1 fully saturated rings. The molecule has 0 aliphatic carbocycles. The Labute approximate surface area is 158 Å². The van der Waals surface area contributed by atoms with E-state index in [1.807, 2.05) is 7.05 Å². The zero-order chi connectivity index (χ0) is 20.4. The molecular weight excluding hydrogens is 359 g/mol. The predicted molar refractivity (Wildman–Crippen MR) is 96.3 cm³/mol. The van der Waals surface area contributed by atoms with Crippen molar-refractivity contribution < 1.29 is 22.7 Å². The molecule has 1 N–H and O–H groups in total. The highest BCUT2D eigenvalue weighted by atomic mass is 19.4. The monoisotopic (exact) mass is 387 g/mol. The third-order valence-corrected chi connectivity index (χ3v) is 4.98. The molecule has 1 saturated heterocycles. The van der Waals surface area contributed by atoms with Crippen LogP contribution in [0.15, 0.2) is 18.3 Å². The van der Waals surface area contributed by atoms with E-state index in [-0.39, 0.29) is 18.6 Å². The Morgan fingerprint density at radius 1 is 1.37 bits per heavy atom. The molecule has 1 aliphatic rings. The Hall–Kier alpha value is -1.83. The van der Waals surface area contributed by atoms with Gasteiger partial charge in [0.05, 0.1) is 5.41 Å². The Kier molecular flexibility index (Phi) is 6.39. The van der Waals surface area contributed by atoms with E-state index < -0.39 is 23.0 Å². The summed E-state index contributed by atoms with van der Waals surface area (Å²) in [6, 6.07) is 2.13. The van der Waals surface area contributed by atoms with Crippen molar-refractivity contribution in [2.75, 3.05) is 26.7 Å². The number of nitrogens with one attached hydrogen (secondary N) is 1. The summed E-state index contributed by atoms with van der Waals surface area (Å²) in [5, 5.41) is 3.06. The van der Waals surface area contributed by atoms with E-state index in [1.165, 1.54) is 12.3 Å². The van der Waals surface area contributed by atoms with Gasteiger partial charge in [0.1, 0.15) is 12.2 Å². The molecule has 1 amide bonds. The lowest BCUT2D eigenvalue weighted by atomic mass is 9.88. The third kappa shape index (κ3) is 5.34. The van der Waals surface area contributed by atoms with Gasteiger partial charge in [0.25, 0.3) is 0 Å². The topological polar surface area (TPSA) is 54.5 Å². The molecule has 0 unspecified atom stereocenters. The SMILES string of the molecule is CC(C)[C@H]1CN(C)C[C@@H]1NC(=O)C(C)(C)COc1ncccc1C(F)(F)F. The second-order valence-electron chi connectivity index (χ2n) is 8.24. The molecule has 1 aromatic heterocycles. The summed E-state index contributed by atoms with van der Waals surface area (Å²) in [4.78, 5) is 18.6. The number of ether oxygens (including phenoxy) is 1. The van der Waals surface area contributed by atoms with E-state index >= 15 is 0 Å². The molecule has 0 radical (unpaired) electrons. The van der Waals surface area contributed by atoms with Crippen LogP contribution in [0, 0.1) is 17.3 Å². The lowest BCUT2D eigenvalue weighted by Gasteiger charge is -2.29. The average molecular weight is 387 g/mol. The van der Waals surface area contributed by atoms with Crippen molar-refractivity contribution in [2.45, 2.75) is 39.9 Å². The fourth-order valence-corrected chi connectivity index (χ4v) is 3.26. The molecule has 0 spiro atoms. The number of alkyl halides is 3. The summed E-state index contributed by atoms with van der Waals surface area (Å²) < 4.78 is 44.5. The van der Waals surface area contributed by atoms with Crippen LogP contribution in [0.3, 0.4) is 0 Å². The highest BCUT2D eigenvalue weighted by molar-refractivity contribution is 5.82. The molecular formula is C19H28F3N3O2. The number of rotatable bonds is 6. The molecule has 2 rings (SSSR count). The number of aromatic nitrogens is 1. The lowest BCUT2D eigenvalue weighted by Crippen LogP contribution is -2.49. The Bertz CT molecular complexity index is 662. The molecule has 0 bridgehead atoms. The quantitative estimate of drug-likeness (QED) is 0.815. The summed E-state index contributed by atoms with van der Waals surface area (Å²) in [5.74, 6) is 0.00948. The standard InChI is InChI=1S/C19H28F3N3O2/c1-12(2)13-9-25(5)10-15(13)24-17(26)18(3,4)11-27-16-14(19(20,21)22)7-6-8-23-16/h6-8,12-13,15H,9-11H2,1-5H3,(H,24,26)/t13-,15+/m1/s1. The third-order valence-electron chi connectivity index (χ3n) is 4.98. The van der Waals surface area contributed by atoms with E-state index in [0.717, 1.165) is 19.2 Å². The molecule has 2 heterocycles. The fraction of sp³-hybridized carbons (Fsp3) is 0.684. The second-order valence-corrected chi connectivity index (χ2v) is 8.24. The van der Waals surface area contributed by atoms with Gasteiger partial charge in [0.2, 0.25) is 11.8 Å². The van der Waals surface area contributed by atoms with E-state index in [9.17, 15) is 18.0 Å². The van der Waals surface area contributed by atoms with Gasteiger partial charge in [-0.1, -0.05) is 13.8 Å². The predicted octanol–water partition coefficient (Wildman–Crippen LogP) is 3.21. The number of carbonyl (C=O) groups excluding carboxylic acids is 1. The second kappa shape index (κ2) is 8.04. The molecule has 1 aromatic rings. The van der Waals surface area contributed by atoms with Crippen LogP contribution in [-0.4, -0.2) is 48.6 Å². The normalized spacial score (nSPS) is 21.5. The van der Waals surface area contributed by atoms with Gasteiger partial charge in [0.15, 0.2) is 0 Å². The Balaban J connectivity index is 2.03. The summed E-state index contributed by atoms with van der Waals surface area (Å²) in [7, 11) is 2.01. The molecule has 0 aromatic carbocycles. The molecule has 1 aliphatic heterocycles. The van der Waals surface area contributed by atoms with Gasteiger partial charge in [0, 0.05) is 25.3 Å². The molecule has 5 nitrogen and oxygen atoms in total. The number of amides is 1. The number of hydrogen-bond acceptors (Lipinski definition) is 4. The largest absolute Gasteiger partial charge is 0.476 e. The van der Waals surface area contributed by atoms with Crippen LogP contribution in [-0.2, 0) is 11.0 Å². The van der Waals surface area contributed by atoms with Crippen molar-refractivity contribution >= 4 is 5.91 Å². The number of carbonyl (C=O) groups is 1. The van der Waals surface area contributed by atoms with Gasteiger partial charge in [-0.25, -0.2) is 4.98 Å². The van der Waals surface area contributed by atoms with Gasteiger partial charge >= 0.3 is 6.18 Å². The number of hydrogen-bond donors (Lipinski definition) is 1. The van der Waals surface area contributed by atoms with E-state index in [0.29, 0.717) is 11.8 Å². The number of likely N-dealkylation sites (N-methyl/N-ethyl adjacent to an activating group) is 1. The summed E-state index contributed by atoms with van der Waals surface area (Å²) in [5.41, 5.74) is -1.94. The highest BCUT2D eigenvalue weighted by Gasteiger charge is 2.39.